The average molecular weight is 155 g/mol. The summed E-state index contributed by atoms with van der Waals surface area (Å²) in [4.78, 5) is 20.8. The van der Waals surface area contributed by atoms with Gasteiger partial charge in [0.2, 0.25) is 0 Å². The number of nitrogens with one attached hydrogen (secondary N) is 1. The highest BCUT2D eigenvalue weighted by molar-refractivity contribution is 6.35. The van der Waals surface area contributed by atoms with E-state index in [0.29, 0.717) is 12.0 Å². The van der Waals surface area contributed by atoms with Gasteiger partial charge in [0.15, 0.2) is 12.3 Å². The predicted octanol–water partition coefficient (Wildman–Crippen LogP) is -1.89. The lowest BCUT2D eigenvalue weighted by Gasteiger charge is -2.04. The van der Waals surface area contributed by atoms with Crippen molar-refractivity contribution >= 4 is 17.9 Å². The lowest BCUT2D eigenvalue weighted by molar-refractivity contribution is -0.129. The summed E-state index contributed by atoms with van der Waals surface area (Å²) in [5.74, 6) is -0.518. The van der Waals surface area contributed by atoms with E-state index in [1.165, 1.54) is 10.5 Å². The maximum Gasteiger partial charge on any atom is 0.270 e. The molecule has 0 aromatic rings. The lowest BCUT2D eigenvalue weighted by atomic mass is 10.2. The molecule has 0 aromatic carbocycles. The molecule has 1 fully saturated rings. The summed E-state index contributed by atoms with van der Waals surface area (Å²) in [6.45, 7) is 0. The van der Waals surface area contributed by atoms with Crippen LogP contribution in [-0.2, 0) is 9.59 Å². The number of hydroxylamine groups is 1. The van der Waals surface area contributed by atoms with Crippen LogP contribution in [0.4, 0.5) is 0 Å². The summed E-state index contributed by atoms with van der Waals surface area (Å²) < 4.78 is 0. The van der Waals surface area contributed by atoms with Gasteiger partial charge in [0.05, 0.1) is 0 Å². The monoisotopic (exact) mass is 155 g/mol. The Labute approximate surface area is 61.4 Å². The second kappa shape index (κ2) is 1.79. The number of fused-ring (bicyclic) bond motifs is 1. The fourth-order valence-electron chi connectivity index (χ4n) is 1.20. The van der Waals surface area contributed by atoms with E-state index in [1.807, 2.05) is 0 Å². The number of carbonyl (C=O) groups is 2. The molecule has 6 heteroatoms. The van der Waals surface area contributed by atoms with Crippen molar-refractivity contribution in [2.24, 2.45) is 5.10 Å². The van der Waals surface area contributed by atoms with Crippen LogP contribution in [0.25, 0.3) is 0 Å². The van der Waals surface area contributed by atoms with Crippen LogP contribution in [0.2, 0.25) is 0 Å². The second-order valence-electron chi connectivity index (χ2n) is 2.39. The first-order valence-electron chi connectivity index (χ1n) is 3.05. The van der Waals surface area contributed by atoms with Crippen LogP contribution >= 0.6 is 0 Å². The number of hydrazone groups is 1. The van der Waals surface area contributed by atoms with Crippen LogP contribution in [0.3, 0.4) is 0 Å². The standard InChI is InChI=1S/C5H5N3O3/c9-1-2-3-4(5(10)7-11)8(3)6-2/h1,3-4,11H,(H,7,10). The van der Waals surface area contributed by atoms with E-state index in [9.17, 15) is 9.59 Å². The molecule has 2 unspecified atom stereocenters. The van der Waals surface area contributed by atoms with Crippen LogP contribution < -0.4 is 5.48 Å². The zero-order valence-corrected chi connectivity index (χ0v) is 5.39. The Morgan fingerprint density at radius 3 is 3.00 bits per heavy atom. The molecule has 2 atom stereocenters. The molecular weight excluding hydrogens is 150 g/mol. The molecule has 1 saturated heterocycles. The van der Waals surface area contributed by atoms with Crippen molar-refractivity contribution in [3.63, 3.8) is 0 Å². The SMILES string of the molecule is O=CC1=NN2C(C(=O)NO)C12. The van der Waals surface area contributed by atoms with E-state index in [4.69, 9.17) is 5.21 Å². The predicted molar refractivity (Wildman–Crippen MR) is 32.8 cm³/mol. The van der Waals surface area contributed by atoms with E-state index in [0.717, 1.165) is 0 Å². The van der Waals surface area contributed by atoms with E-state index in [1.54, 1.807) is 0 Å². The van der Waals surface area contributed by atoms with Gasteiger partial charge in [-0.2, -0.15) is 5.10 Å². The maximum atomic E-state index is 10.7. The fraction of sp³-hybridized carbons (Fsp3) is 0.400. The minimum atomic E-state index is -0.518. The highest BCUT2D eigenvalue weighted by Crippen LogP contribution is 2.37. The first-order valence-corrected chi connectivity index (χ1v) is 3.05. The first kappa shape index (κ1) is 6.29. The number of hydrogen-bond donors (Lipinski definition) is 2. The van der Waals surface area contributed by atoms with Gasteiger partial charge in [0.25, 0.3) is 5.91 Å². The zero-order chi connectivity index (χ0) is 8.01. The van der Waals surface area contributed by atoms with E-state index in [-0.39, 0.29) is 6.04 Å². The molecule has 0 aromatic heterocycles. The van der Waals surface area contributed by atoms with Crippen molar-refractivity contribution in [3.05, 3.63) is 0 Å². The van der Waals surface area contributed by atoms with Crippen molar-refractivity contribution in [1.29, 1.82) is 0 Å². The Hall–Kier alpha value is -1.43. The minimum absolute atomic E-state index is 0.181. The summed E-state index contributed by atoms with van der Waals surface area (Å²) in [7, 11) is 0. The molecule has 2 rings (SSSR count). The molecule has 2 aliphatic rings. The summed E-state index contributed by atoms with van der Waals surface area (Å²) >= 11 is 0. The Morgan fingerprint density at radius 2 is 2.55 bits per heavy atom. The molecule has 2 N–H and O–H groups in total. The van der Waals surface area contributed by atoms with Crippen molar-refractivity contribution in [3.8, 4) is 0 Å². The van der Waals surface area contributed by atoms with Crippen LogP contribution in [0, 0.1) is 0 Å². The maximum absolute atomic E-state index is 10.7. The first-order chi connectivity index (χ1) is 5.29. The number of amides is 1. The second-order valence-corrected chi connectivity index (χ2v) is 2.39. The molecule has 2 heterocycles. The molecule has 6 nitrogen and oxygen atoms in total. The molecule has 11 heavy (non-hydrogen) atoms. The average Bonchev–Trinajstić information content (AvgIpc) is 2.56. The van der Waals surface area contributed by atoms with Gasteiger partial charge in [-0.05, 0) is 0 Å². The third-order valence-electron chi connectivity index (χ3n) is 1.81. The number of nitrogens with zero attached hydrogens (tertiary/aromatic N) is 2. The highest BCUT2D eigenvalue weighted by Gasteiger charge is 2.61. The van der Waals surface area contributed by atoms with Crippen molar-refractivity contribution in [1.82, 2.24) is 10.5 Å². The quantitative estimate of drug-likeness (QED) is 0.211. The molecule has 0 bridgehead atoms. The Bertz CT molecular complexity index is 262. The normalized spacial score (nSPS) is 31.4. The molecule has 0 radical (unpaired) electrons. The van der Waals surface area contributed by atoms with E-state index >= 15 is 0 Å². The van der Waals surface area contributed by atoms with E-state index < -0.39 is 11.9 Å². The molecular formula is C5H5N3O3. The minimum Gasteiger partial charge on any atom is -0.296 e. The summed E-state index contributed by atoms with van der Waals surface area (Å²) in [5, 5.41) is 13.3. The molecule has 0 spiro atoms. The lowest BCUT2D eigenvalue weighted by Crippen LogP contribution is -2.26. The summed E-state index contributed by atoms with van der Waals surface area (Å²) in [6, 6.07) is -0.639. The van der Waals surface area contributed by atoms with Crippen molar-refractivity contribution in [2.75, 3.05) is 0 Å². The molecule has 0 aliphatic carbocycles. The number of aldehydes is 1. The molecule has 1 amide bonds. The van der Waals surface area contributed by atoms with Gasteiger partial charge in [0.1, 0.15) is 11.8 Å². The van der Waals surface area contributed by atoms with Gasteiger partial charge in [-0.25, -0.2) is 5.48 Å². The van der Waals surface area contributed by atoms with Gasteiger partial charge in [-0.15, -0.1) is 0 Å². The summed E-state index contributed by atoms with van der Waals surface area (Å²) in [6.07, 6.45) is 0.617. The number of rotatable bonds is 2. The van der Waals surface area contributed by atoms with Gasteiger partial charge >= 0.3 is 0 Å². The summed E-state index contributed by atoms with van der Waals surface area (Å²) in [5.41, 5.74) is 1.88. The van der Waals surface area contributed by atoms with Crippen LogP contribution in [-0.4, -0.2) is 40.2 Å². The fourth-order valence-corrected chi connectivity index (χ4v) is 1.20. The van der Waals surface area contributed by atoms with E-state index in [2.05, 4.69) is 5.10 Å². The largest absolute Gasteiger partial charge is 0.296 e. The number of hydrogen-bond acceptors (Lipinski definition) is 5. The van der Waals surface area contributed by atoms with Crippen LogP contribution in [0.5, 0.6) is 0 Å². The number of carbonyl (C=O) groups excluding carboxylic acids is 2. The molecule has 58 valence electrons. The Kier molecular flexibility index (Phi) is 1.02. The third kappa shape index (κ3) is 0.613. The Morgan fingerprint density at radius 1 is 1.82 bits per heavy atom. The van der Waals surface area contributed by atoms with Gasteiger partial charge in [-0.1, -0.05) is 0 Å². The highest BCUT2D eigenvalue weighted by atomic mass is 16.5. The van der Waals surface area contributed by atoms with Crippen molar-refractivity contribution in [2.45, 2.75) is 12.1 Å². The van der Waals surface area contributed by atoms with Gasteiger partial charge < -0.3 is 0 Å². The third-order valence-corrected chi connectivity index (χ3v) is 1.81. The topological polar surface area (TPSA) is 81.8 Å². The Balaban J connectivity index is 2.00. The van der Waals surface area contributed by atoms with Gasteiger partial charge in [0, 0.05) is 0 Å². The smallest absolute Gasteiger partial charge is 0.270 e. The van der Waals surface area contributed by atoms with Crippen LogP contribution in [0.15, 0.2) is 5.10 Å². The van der Waals surface area contributed by atoms with Gasteiger partial charge in [-0.3, -0.25) is 19.8 Å². The van der Waals surface area contributed by atoms with Crippen LogP contribution in [0.1, 0.15) is 0 Å². The molecule has 2 aliphatic heterocycles. The van der Waals surface area contributed by atoms with Crippen molar-refractivity contribution < 1.29 is 14.8 Å². The molecule has 0 saturated carbocycles. The zero-order valence-electron chi connectivity index (χ0n) is 5.39.